The highest BCUT2D eigenvalue weighted by Gasteiger charge is 2.37. The molecule has 0 saturated carbocycles. The van der Waals surface area contributed by atoms with Crippen molar-refractivity contribution in [2.75, 3.05) is 20.2 Å². The molecule has 2 fully saturated rings. The van der Waals surface area contributed by atoms with Crippen molar-refractivity contribution in [1.82, 2.24) is 35.5 Å². The van der Waals surface area contributed by atoms with Crippen LogP contribution < -0.4 is 10.6 Å². The molecule has 2 aromatic heterocycles. The van der Waals surface area contributed by atoms with Crippen LogP contribution >= 0.6 is 0 Å². The van der Waals surface area contributed by atoms with E-state index in [4.69, 9.17) is 9.72 Å². The summed E-state index contributed by atoms with van der Waals surface area (Å²) in [6, 6.07) is 21.1. The standard InChI is InChI=1S/C37H41N7O3/c1-22(2)33(43-37(46)47-3)36(45)44-17-5-7-32(44)35-40-21-31(42-35)28-15-14-26-18-25(12-13-27(26)19-28)23-8-10-24(11-9-23)30-20-39-34(41-30)29-6-4-16-38-29/h8-15,18-22,29,32-33,38H,4-7,16-17H2,1-3H3,(H,39,41)(H,40,42)(H,43,46)/t29-,32-,33-/m0/s1. The average molecular weight is 632 g/mol. The van der Waals surface area contributed by atoms with Crippen LogP contribution in [0.15, 0.2) is 73.1 Å². The van der Waals surface area contributed by atoms with E-state index in [1.165, 1.54) is 13.5 Å². The van der Waals surface area contributed by atoms with Crippen LogP contribution in [-0.2, 0) is 9.53 Å². The van der Waals surface area contributed by atoms with Crippen LogP contribution in [0.2, 0.25) is 0 Å². The summed E-state index contributed by atoms with van der Waals surface area (Å²) in [4.78, 5) is 43.6. The molecule has 0 spiro atoms. The monoisotopic (exact) mass is 631 g/mol. The van der Waals surface area contributed by atoms with Crippen LogP contribution in [0.1, 0.15) is 63.3 Å². The predicted octanol–water partition coefficient (Wildman–Crippen LogP) is 6.76. The number of hydrogen-bond acceptors (Lipinski definition) is 6. The van der Waals surface area contributed by atoms with Crippen molar-refractivity contribution in [3.8, 4) is 33.6 Å². The fourth-order valence-electron chi connectivity index (χ4n) is 6.86. The van der Waals surface area contributed by atoms with Crippen molar-refractivity contribution < 1.29 is 14.3 Å². The molecule has 4 heterocycles. The first-order valence-corrected chi connectivity index (χ1v) is 16.5. The molecule has 0 radical (unpaired) electrons. The SMILES string of the molecule is COC(=O)N[C@H](C(=O)N1CCC[C@H]1c1ncc(-c2ccc3cc(-c4ccc(-c5cnc([C@@H]6CCCN6)[nH]5)cc4)ccc3c2)[nH]1)C(C)C. The van der Waals surface area contributed by atoms with Gasteiger partial charge in [-0.25, -0.2) is 14.8 Å². The second kappa shape index (κ2) is 13.0. The minimum atomic E-state index is -0.663. The lowest BCUT2D eigenvalue weighted by atomic mass is 9.98. The fourth-order valence-corrected chi connectivity index (χ4v) is 6.86. The van der Waals surface area contributed by atoms with E-state index in [-0.39, 0.29) is 17.9 Å². The van der Waals surface area contributed by atoms with Crippen molar-refractivity contribution in [3.63, 3.8) is 0 Å². The van der Waals surface area contributed by atoms with Crippen molar-refractivity contribution >= 4 is 22.8 Å². The maximum atomic E-state index is 13.5. The van der Waals surface area contributed by atoms with E-state index in [0.717, 1.165) is 81.9 Å². The molecular weight excluding hydrogens is 590 g/mol. The highest BCUT2D eigenvalue weighted by atomic mass is 16.5. The number of carbonyl (C=O) groups is 2. The summed E-state index contributed by atoms with van der Waals surface area (Å²) in [6.45, 7) is 5.50. The Labute approximate surface area is 274 Å². The molecule has 0 bridgehead atoms. The predicted molar refractivity (Wildman–Crippen MR) is 182 cm³/mol. The highest BCUT2D eigenvalue weighted by molar-refractivity contribution is 5.91. The van der Waals surface area contributed by atoms with Crippen molar-refractivity contribution in [2.24, 2.45) is 5.92 Å². The van der Waals surface area contributed by atoms with Gasteiger partial charge in [-0.15, -0.1) is 0 Å². The third-order valence-corrected chi connectivity index (χ3v) is 9.50. The molecule has 5 aromatic rings. The lowest BCUT2D eigenvalue weighted by Gasteiger charge is -2.30. The first-order valence-electron chi connectivity index (χ1n) is 16.5. The Kier molecular flexibility index (Phi) is 8.51. The van der Waals surface area contributed by atoms with Crippen molar-refractivity contribution in [2.45, 2.75) is 57.7 Å². The molecule has 2 aliphatic heterocycles. The number of alkyl carbamates (subject to hydrolysis) is 1. The van der Waals surface area contributed by atoms with E-state index in [1.54, 1.807) is 0 Å². The van der Waals surface area contributed by atoms with Gasteiger partial charge in [0.25, 0.3) is 0 Å². The molecular formula is C37H41N7O3. The van der Waals surface area contributed by atoms with E-state index in [0.29, 0.717) is 12.6 Å². The number of aromatic amines is 2. The second-order valence-corrected chi connectivity index (χ2v) is 12.9. The van der Waals surface area contributed by atoms with Crippen LogP contribution in [0.4, 0.5) is 4.79 Å². The molecule has 4 N–H and O–H groups in total. The molecule has 3 aromatic carbocycles. The number of methoxy groups -OCH3 is 1. The van der Waals surface area contributed by atoms with Gasteiger partial charge in [0.2, 0.25) is 5.91 Å². The number of aromatic nitrogens is 4. The maximum absolute atomic E-state index is 13.5. The molecule has 47 heavy (non-hydrogen) atoms. The van der Waals surface area contributed by atoms with Crippen molar-refractivity contribution in [3.05, 3.63) is 84.7 Å². The van der Waals surface area contributed by atoms with Crippen LogP contribution in [0.3, 0.4) is 0 Å². The molecule has 0 aliphatic carbocycles. The third kappa shape index (κ3) is 6.25. The Morgan fingerprint density at radius 2 is 1.47 bits per heavy atom. The number of hydrogen-bond donors (Lipinski definition) is 4. The van der Waals surface area contributed by atoms with Gasteiger partial charge in [0, 0.05) is 12.1 Å². The van der Waals surface area contributed by atoms with Gasteiger partial charge in [-0.2, -0.15) is 0 Å². The van der Waals surface area contributed by atoms with Gasteiger partial charge >= 0.3 is 6.09 Å². The van der Waals surface area contributed by atoms with Gasteiger partial charge in [0.15, 0.2) is 0 Å². The number of amides is 2. The van der Waals surface area contributed by atoms with Crippen LogP contribution in [-0.4, -0.2) is 63.1 Å². The number of fused-ring (bicyclic) bond motifs is 1. The first-order chi connectivity index (χ1) is 22.9. The average Bonchev–Trinajstić information content (AvgIpc) is 3.93. The van der Waals surface area contributed by atoms with Gasteiger partial charge < -0.3 is 30.2 Å². The number of carbonyl (C=O) groups excluding carboxylic acids is 2. The lowest BCUT2D eigenvalue weighted by molar-refractivity contribution is -0.135. The zero-order valence-corrected chi connectivity index (χ0v) is 27.0. The van der Waals surface area contributed by atoms with E-state index in [2.05, 4.69) is 86.2 Å². The Hall–Kier alpha value is -4.96. The summed E-state index contributed by atoms with van der Waals surface area (Å²) in [5.74, 6) is 1.57. The number of rotatable bonds is 8. The highest BCUT2D eigenvalue weighted by Crippen LogP contribution is 2.34. The Morgan fingerprint density at radius 1 is 0.830 bits per heavy atom. The number of benzene rings is 3. The van der Waals surface area contributed by atoms with Gasteiger partial charge in [-0.1, -0.05) is 62.4 Å². The molecule has 242 valence electrons. The summed E-state index contributed by atoms with van der Waals surface area (Å²) in [5, 5.41) is 8.50. The zero-order chi connectivity index (χ0) is 32.5. The number of nitrogens with zero attached hydrogens (tertiary/aromatic N) is 3. The molecule has 3 atom stereocenters. The number of nitrogens with one attached hydrogen (secondary N) is 4. The number of ether oxygens (including phenoxy) is 1. The molecule has 10 heteroatoms. The van der Waals surface area contributed by atoms with Crippen LogP contribution in [0, 0.1) is 5.92 Å². The molecule has 2 amide bonds. The van der Waals surface area contributed by atoms with E-state index in [1.807, 2.05) is 31.1 Å². The molecule has 10 nitrogen and oxygen atoms in total. The molecule has 2 saturated heterocycles. The Balaban J connectivity index is 1.06. The minimum absolute atomic E-state index is 0.0815. The van der Waals surface area contributed by atoms with Gasteiger partial charge in [0.05, 0.1) is 43.0 Å². The number of imidazole rings is 2. The van der Waals surface area contributed by atoms with Crippen LogP contribution in [0.5, 0.6) is 0 Å². The zero-order valence-electron chi connectivity index (χ0n) is 27.0. The summed E-state index contributed by atoms with van der Waals surface area (Å²) >= 11 is 0. The van der Waals surface area contributed by atoms with Crippen molar-refractivity contribution in [1.29, 1.82) is 0 Å². The van der Waals surface area contributed by atoms with Gasteiger partial charge in [-0.3, -0.25) is 4.79 Å². The van der Waals surface area contributed by atoms with Gasteiger partial charge in [0.1, 0.15) is 17.7 Å². The van der Waals surface area contributed by atoms with E-state index in [9.17, 15) is 9.59 Å². The normalized spacial score (nSPS) is 18.6. The first kappa shape index (κ1) is 30.7. The van der Waals surface area contributed by atoms with E-state index >= 15 is 0 Å². The Morgan fingerprint density at radius 3 is 2.17 bits per heavy atom. The largest absolute Gasteiger partial charge is 0.453 e. The number of likely N-dealkylation sites (tertiary alicyclic amines) is 1. The quantitative estimate of drug-likeness (QED) is 0.150. The summed E-state index contributed by atoms with van der Waals surface area (Å²) in [6.07, 6.45) is 7.16. The molecule has 0 unspecified atom stereocenters. The Bertz CT molecular complexity index is 1890. The second-order valence-electron chi connectivity index (χ2n) is 12.9. The smallest absolute Gasteiger partial charge is 0.407 e. The lowest BCUT2D eigenvalue weighted by Crippen LogP contribution is -2.51. The summed E-state index contributed by atoms with van der Waals surface area (Å²) in [5.41, 5.74) is 6.41. The topological polar surface area (TPSA) is 128 Å². The molecule has 2 aliphatic rings. The van der Waals surface area contributed by atoms with E-state index < -0.39 is 12.1 Å². The van der Waals surface area contributed by atoms with Gasteiger partial charge in [-0.05, 0) is 77.7 Å². The van der Waals surface area contributed by atoms with Crippen LogP contribution in [0.25, 0.3) is 44.4 Å². The fraction of sp³-hybridized carbons (Fsp3) is 0.351. The summed E-state index contributed by atoms with van der Waals surface area (Å²) in [7, 11) is 1.30. The maximum Gasteiger partial charge on any atom is 0.407 e. The minimum Gasteiger partial charge on any atom is -0.453 e. The number of H-pyrrole nitrogens is 2. The molecule has 7 rings (SSSR count). The third-order valence-electron chi connectivity index (χ3n) is 9.50. The summed E-state index contributed by atoms with van der Waals surface area (Å²) < 4.78 is 4.76.